The summed E-state index contributed by atoms with van der Waals surface area (Å²) in [5.74, 6) is 1.21. The third kappa shape index (κ3) is 2.66. The van der Waals surface area contributed by atoms with Crippen LogP contribution in [0.15, 0.2) is 10.6 Å². The Morgan fingerprint density at radius 3 is 2.70 bits per heavy atom. The van der Waals surface area contributed by atoms with Crippen LogP contribution in [-0.2, 0) is 12.1 Å². The summed E-state index contributed by atoms with van der Waals surface area (Å²) in [6, 6.07) is 0.456. The lowest BCUT2D eigenvalue weighted by Gasteiger charge is -2.20. The molecule has 1 N–H and O–H groups in total. The van der Waals surface area contributed by atoms with Crippen LogP contribution in [0.25, 0.3) is 0 Å². The zero-order valence-electron chi connectivity index (χ0n) is 12.1. The van der Waals surface area contributed by atoms with Crippen LogP contribution in [0.3, 0.4) is 0 Å². The summed E-state index contributed by atoms with van der Waals surface area (Å²) in [6.45, 7) is 6.79. The van der Waals surface area contributed by atoms with Crippen LogP contribution in [0.1, 0.15) is 57.5 Å². The first-order valence-corrected chi connectivity index (χ1v) is 7.01. The Kier molecular flexibility index (Phi) is 3.19. The molecule has 1 saturated carbocycles. The first-order chi connectivity index (χ1) is 9.52. The normalized spacial score (nSPS) is 16.1. The van der Waals surface area contributed by atoms with Gasteiger partial charge in [-0.3, -0.25) is 0 Å². The van der Waals surface area contributed by atoms with Gasteiger partial charge in [-0.05, 0) is 33.6 Å². The topological polar surface area (TPSA) is 81.7 Å². The van der Waals surface area contributed by atoms with Gasteiger partial charge in [0.25, 0.3) is 0 Å². The molecule has 0 amide bonds. The molecule has 0 spiro atoms. The molecule has 0 unspecified atom stereocenters. The second-order valence-electron chi connectivity index (χ2n) is 6.25. The smallest absolute Gasteiger partial charge is 0.315 e. The Morgan fingerprint density at radius 1 is 1.30 bits per heavy atom. The van der Waals surface area contributed by atoms with Gasteiger partial charge in [-0.15, -0.1) is 10.2 Å². The van der Waals surface area contributed by atoms with Crippen molar-refractivity contribution in [3.8, 4) is 0 Å². The molecule has 0 aromatic carbocycles. The summed E-state index contributed by atoms with van der Waals surface area (Å²) in [6.07, 6.45) is 5.49. The average Bonchev–Trinajstić information content (AvgIpc) is 2.91. The lowest BCUT2D eigenvalue weighted by atomic mass is 9.85. The molecule has 2 aromatic heterocycles. The minimum atomic E-state index is -0.0624. The number of anilines is 1. The molecule has 2 aromatic rings. The van der Waals surface area contributed by atoms with Crippen LogP contribution in [0.5, 0.6) is 0 Å². The second-order valence-corrected chi connectivity index (χ2v) is 6.25. The predicted octanol–water partition coefficient (Wildman–Crippen LogP) is 2.30. The van der Waals surface area contributed by atoms with Crippen molar-refractivity contribution in [1.82, 2.24) is 25.2 Å². The zero-order chi connectivity index (χ0) is 14.2. The molecule has 0 radical (unpaired) electrons. The minimum absolute atomic E-state index is 0.0624. The molecule has 0 bridgehead atoms. The van der Waals surface area contributed by atoms with E-state index in [4.69, 9.17) is 4.42 Å². The molecule has 2 heterocycles. The maximum absolute atomic E-state index is 5.60. The maximum atomic E-state index is 5.60. The number of hydrogen-bond donors (Lipinski definition) is 1. The second kappa shape index (κ2) is 4.88. The van der Waals surface area contributed by atoms with Gasteiger partial charge in [0.2, 0.25) is 5.89 Å². The van der Waals surface area contributed by atoms with Crippen LogP contribution in [-0.4, -0.2) is 25.2 Å². The van der Waals surface area contributed by atoms with Gasteiger partial charge in [0, 0.05) is 5.92 Å². The minimum Gasteiger partial charge on any atom is -0.408 e. The lowest BCUT2D eigenvalue weighted by molar-refractivity contribution is 0.338. The van der Waals surface area contributed by atoms with Crippen molar-refractivity contribution in [2.24, 2.45) is 0 Å². The Balaban J connectivity index is 1.58. The third-order valence-electron chi connectivity index (χ3n) is 3.54. The van der Waals surface area contributed by atoms with Gasteiger partial charge >= 0.3 is 6.01 Å². The third-order valence-corrected chi connectivity index (χ3v) is 3.54. The van der Waals surface area contributed by atoms with E-state index in [1.807, 2.05) is 10.9 Å². The van der Waals surface area contributed by atoms with Crippen LogP contribution in [0.4, 0.5) is 6.01 Å². The molecule has 7 heteroatoms. The van der Waals surface area contributed by atoms with Crippen LogP contribution >= 0.6 is 0 Å². The van der Waals surface area contributed by atoms with E-state index in [9.17, 15) is 0 Å². The van der Waals surface area contributed by atoms with Gasteiger partial charge < -0.3 is 9.73 Å². The van der Waals surface area contributed by atoms with Gasteiger partial charge in [0.05, 0.1) is 18.3 Å². The fraction of sp³-hybridized carbons (Fsp3) is 0.692. The molecule has 108 valence electrons. The Labute approximate surface area is 117 Å². The molecule has 20 heavy (non-hydrogen) atoms. The molecule has 1 aliphatic rings. The Hall–Kier alpha value is -1.92. The number of nitrogens with one attached hydrogen (secondary N) is 1. The quantitative estimate of drug-likeness (QED) is 0.922. The van der Waals surface area contributed by atoms with Crippen molar-refractivity contribution < 1.29 is 4.42 Å². The van der Waals surface area contributed by atoms with Crippen LogP contribution in [0, 0.1) is 0 Å². The fourth-order valence-electron chi connectivity index (χ4n) is 2.00. The van der Waals surface area contributed by atoms with E-state index < -0.39 is 0 Å². The summed E-state index contributed by atoms with van der Waals surface area (Å²) in [5.41, 5.74) is 0.788. The van der Waals surface area contributed by atoms with E-state index in [0.29, 0.717) is 18.5 Å². The van der Waals surface area contributed by atoms with Crippen LogP contribution in [0.2, 0.25) is 0 Å². The van der Waals surface area contributed by atoms with E-state index in [1.54, 1.807) is 0 Å². The van der Waals surface area contributed by atoms with Crippen molar-refractivity contribution in [1.29, 1.82) is 0 Å². The van der Waals surface area contributed by atoms with Crippen molar-refractivity contribution in [2.45, 2.75) is 58.0 Å². The number of aromatic nitrogens is 5. The predicted molar refractivity (Wildman–Crippen MR) is 73.2 cm³/mol. The van der Waals surface area contributed by atoms with E-state index in [-0.39, 0.29) is 5.54 Å². The summed E-state index contributed by atoms with van der Waals surface area (Å²) in [7, 11) is 0. The van der Waals surface area contributed by atoms with Gasteiger partial charge in [0.1, 0.15) is 5.69 Å². The largest absolute Gasteiger partial charge is 0.408 e. The highest BCUT2D eigenvalue weighted by molar-refractivity contribution is 5.19. The summed E-state index contributed by atoms with van der Waals surface area (Å²) >= 11 is 0. The van der Waals surface area contributed by atoms with Crippen LogP contribution < -0.4 is 5.32 Å². The number of nitrogens with zero attached hydrogens (tertiary/aromatic N) is 5. The van der Waals surface area contributed by atoms with E-state index in [2.05, 4.69) is 46.6 Å². The fourth-order valence-corrected chi connectivity index (χ4v) is 2.00. The molecule has 0 aliphatic heterocycles. The molecule has 7 nitrogen and oxygen atoms in total. The Morgan fingerprint density at radius 2 is 2.10 bits per heavy atom. The van der Waals surface area contributed by atoms with Gasteiger partial charge in [-0.25, -0.2) is 4.68 Å². The van der Waals surface area contributed by atoms with Gasteiger partial charge in [-0.2, -0.15) is 0 Å². The van der Waals surface area contributed by atoms with E-state index in [1.165, 1.54) is 6.42 Å². The van der Waals surface area contributed by atoms with Crippen molar-refractivity contribution in [2.75, 3.05) is 5.32 Å². The van der Waals surface area contributed by atoms with Crippen molar-refractivity contribution in [3.05, 3.63) is 17.8 Å². The van der Waals surface area contributed by atoms with E-state index >= 15 is 0 Å². The molecule has 3 rings (SSSR count). The van der Waals surface area contributed by atoms with Crippen molar-refractivity contribution >= 4 is 6.01 Å². The maximum Gasteiger partial charge on any atom is 0.315 e. The molecular weight excluding hydrogens is 256 g/mol. The monoisotopic (exact) mass is 276 g/mol. The highest BCUT2D eigenvalue weighted by Crippen LogP contribution is 2.35. The first kappa shape index (κ1) is 13.1. The molecule has 1 aliphatic carbocycles. The average molecular weight is 276 g/mol. The van der Waals surface area contributed by atoms with Gasteiger partial charge in [-0.1, -0.05) is 16.7 Å². The highest BCUT2D eigenvalue weighted by Gasteiger charge is 2.25. The lowest BCUT2D eigenvalue weighted by Crippen LogP contribution is -2.22. The standard InChI is InChI=1S/C13H20N6O/c1-13(2,3)19-8-10(15-18-19)7-14-12-17-16-11(20-12)9-5-4-6-9/h8-9H,4-7H2,1-3H3,(H,14,17). The molecule has 0 atom stereocenters. The SMILES string of the molecule is CC(C)(C)n1cc(CNc2nnc(C3CCC3)o2)nn1. The highest BCUT2D eigenvalue weighted by atomic mass is 16.4. The van der Waals surface area contributed by atoms with Gasteiger partial charge in [0.15, 0.2) is 0 Å². The number of hydrogen-bond acceptors (Lipinski definition) is 6. The van der Waals surface area contributed by atoms with E-state index in [0.717, 1.165) is 24.4 Å². The summed E-state index contributed by atoms with van der Waals surface area (Å²) < 4.78 is 7.44. The zero-order valence-corrected chi connectivity index (χ0v) is 12.1. The summed E-state index contributed by atoms with van der Waals surface area (Å²) in [4.78, 5) is 0. The molecular formula is C13H20N6O. The first-order valence-electron chi connectivity index (χ1n) is 7.01. The number of rotatable bonds is 4. The molecule has 1 fully saturated rings. The van der Waals surface area contributed by atoms with Crippen molar-refractivity contribution in [3.63, 3.8) is 0 Å². The summed E-state index contributed by atoms with van der Waals surface area (Å²) in [5, 5.41) is 19.4. The Bertz CT molecular complexity index is 578. The molecule has 0 saturated heterocycles.